The Bertz CT molecular complexity index is 1700. The SMILES string of the molecule is COc1cccc(C2C(C(=O)c3cc4ccccc4o3)=C(O)C(=O)N2c2nc3cc(F)c(F)cc3[nH]2)c1. The number of benzene rings is 3. The van der Waals surface area contributed by atoms with E-state index in [4.69, 9.17) is 9.15 Å². The van der Waals surface area contributed by atoms with E-state index >= 15 is 0 Å². The minimum Gasteiger partial charge on any atom is -0.503 e. The Labute approximate surface area is 207 Å². The van der Waals surface area contributed by atoms with E-state index in [0.717, 1.165) is 17.0 Å². The third-order valence-electron chi connectivity index (χ3n) is 6.25. The molecular weight excluding hydrogens is 484 g/mol. The van der Waals surface area contributed by atoms with Crippen molar-refractivity contribution in [3.8, 4) is 5.75 Å². The fourth-order valence-corrected chi connectivity index (χ4v) is 4.51. The van der Waals surface area contributed by atoms with E-state index in [1.807, 2.05) is 0 Å². The fourth-order valence-electron chi connectivity index (χ4n) is 4.51. The Morgan fingerprint density at radius 1 is 1.08 bits per heavy atom. The number of ketones is 1. The number of H-pyrrole nitrogens is 1. The Kier molecular flexibility index (Phi) is 5.04. The molecule has 3 heterocycles. The number of aromatic nitrogens is 2. The molecule has 0 bridgehead atoms. The van der Waals surface area contributed by atoms with Crippen molar-refractivity contribution in [2.75, 3.05) is 12.0 Å². The van der Waals surface area contributed by atoms with Crippen LogP contribution < -0.4 is 9.64 Å². The lowest BCUT2D eigenvalue weighted by molar-refractivity contribution is -0.117. The van der Waals surface area contributed by atoms with Crippen LogP contribution in [0.4, 0.5) is 14.7 Å². The molecule has 184 valence electrons. The number of carbonyl (C=O) groups is 2. The van der Waals surface area contributed by atoms with Gasteiger partial charge in [-0.3, -0.25) is 14.5 Å². The topological polar surface area (TPSA) is 109 Å². The van der Waals surface area contributed by atoms with Gasteiger partial charge in [-0.2, -0.15) is 0 Å². The van der Waals surface area contributed by atoms with E-state index in [0.29, 0.717) is 22.3 Å². The number of aliphatic hydroxyl groups excluding tert-OH is 1. The summed E-state index contributed by atoms with van der Waals surface area (Å²) in [6.45, 7) is 0. The average molecular weight is 501 g/mol. The highest BCUT2D eigenvalue weighted by Crippen LogP contribution is 2.42. The molecule has 6 rings (SSSR count). The number of hydrogen-bond donors (Lipinski definition) is 2. The maximum atomic E-state index is 13.8. The molecule has 37 heavy (non-hydrogen) atoms. The number of nitrogens with zero attached hydrogens (tertiary/aromatic N) is 2. The fraction of sp³-hybridized carbons (Fsp3) is 0.0741. The molecule has 10 heteroatoms. The molecule has 0 radical (unpaired) electrons. The van der Waals surface area contributed by atoms with Crippen LogP contribution in [0.15, 0.2) is 82.5 Å². The lowest BCUT2D eigenvalue weighted by atomic mass is 9.95. The summed E-state index contributed by atoms with van der Waals surface area (Å²) in [5.74, 6) is -4.36. The zero-order valence-electron chi connectivity index (χ0n) is 19.2. The first kappa shape index (κ1) is 22.5. The summed E-state index contributed by atoms with van der Waals surface area (Å²) in [6, 6.07) is 15.8. The van der Waals surface area contributed by atoms with Crippen molar-refractivity contribution in [2.45, 2.75) is 6.04 Å². The number of Topliss-reactive ketones (excluding diaryl/α,β-unsaturated/α-hetero) is 1. The molecule has 1 atom stereocenters. The molecule has 0 aliphatic carbocycles. The molecule has 0 fully saturated rings. The van der Waals surface area contributed by atoms with Gasteiger partial charge in [0, 0.05) is 17.5 Å². The first-order valence-corrected chi connectivity index (χ1v) is 11.1. The van der Waals surface area contributed by atoms with E-state index in [-0.39, 0.29) is 28.3 Å². The highest BCUT2D eigenvalue weighted by Gasteiger charge is 2.46. The zero-order valence-corrected chi connectivity index (χ0v) is 19.2. The summed E-state index contributed by atoms with van der Waals surface area (Å²) in [5.41, 5.74) is 0.834. The maximum Gasteiger partial charge on any atom is 0.296 e. The number of amides is 1. The highest BCUT2D eigenvalue weighted by atomic mass is 19.2. The minimum absolute atomic E-state index is 0.0580. The highest BCUT2D eigenvalue weighted by molar-refractivity contribution is 6.20. The summed E-state index contributed by atoms with van der Waals surface area (Å²) in [5, 5.41) is 11.6. The Hall–Kier alpha value is -4.99. The van der Waals surface area contributed by atoms with E-state index in [1.165, 1.54) is 13.2 Å². The number of halogens is 2. The van der Waals surface area contributed by atoms with Crippen molar-refractivity contribution < 1.29 is 32.6 Å². The number of ether oxygens (including phenoxy) is 1. The second-order valence-corrected chi connectivity index (χ2v) is 8.44. The number of fused-ring (bicyclic) bond motifs is 2. The van der Waals surface area contributed by atoms with Gasteiger partial charge in [0.15, 0.2) is 23.2 Å². The third-order valence-corrected chi connectivity index (χ3v) is 6.25. The van der Waals surface area contributed by atoms with Crippen molar-refractivity contribution in [3.63, 3.8) is 0 Å². The number of aliphatic hydroxyl groups is 1. The van der Waals surface area contributed by atoms with Crippen molar-refractivity contribution in [1.82, 2.24) is 9.97 Å². The van der Waals surface area contributed by atoms with Crippen LogP contribution in [0.3, 0.4) is 0 Å². The largest absolute Gasteiger partial charge is 0.503 e. The van der Waals surface area contributed by atoms with Gasteiger partial charge in [0.05, 0.1) is 29.8 Å². The number of anilines is 1. The first-order chi connectivity index (χ1) is 17.9. The maximum absolute atomic E-state index is 13.8. The number of para-hydroxylation sites is 1. The number of carbonyl (C=O) groups excluding carboxylic acids is 2. The van der Waals surface area contributed by atoms with Gasteiger partial charge in [-0.1, -0.05) is 30.3 Å². The lowest BCUT2D eigenvalue weighted by Gasteiger charge is -2.24. The van der Waals surface area contributed by atoms with Crippen LogP contribution in [0.25, 0.3) is 22.0 Å². The molecule has 1 amide bonds. The smallest absolute Gasteiger partial charge is 0.296 e. The van der Waals surface area contributed by atoms with Gasteiger partial charge in [0.1, 0.15) is 11.3 Å². The Morgan fingerprint density at radius 2 is 1.86 bits per heavy atom. The molecule has 2 N–H and O–H groups in total. The molecule has 0 spiro atoms. The number of methoxy groups -OCH3 is 1. The van der Waals surface area contributed by atoms with E-state index in [2.05, 4.69) is 9.97 Å². The van der Waals surface area contributed by atoms with Crippen molar-refractivity contribution in [1.29, 1.82) is 0 Å². The predicted octanol–water partition coefficient (Wildman–Crippen LogP) is 5.38. The normalized spacial score (nSPS) is 15.8. The van der Waals surface area contributed by atoms with Crippen LogP contribution in [-0.4, -0.2) is 33.9 Å². The van der Waals surface area contributed by atoms with Gasteiger partial charge in [-0.05, 0) is 29.8 Å². The lowest BCUT2D eigenvalue weighted by Crippen LogP contribution is -2.32. The second kappa shape index (κ2) is 8.30. The first-order valence-electron chi connectivity index (χ1n) is 11.1. The van der Waals surface area contributed by atoms with Crippen molar-refractivity contribution >= 4 is 39.6 Å². The van der Waals surface area contributed by atoms with E-state index in [1.54, 1.807) is 48.5 Å². The summed E-state index contributed by atoms with van der Waals surface area (Å²) in [6.07, 6.45) is 0. The molecule has 0 saturated carbocycles. The van der Waals surface area contributed by atoms with Gasteiger partial charge in [-0.25, -0.2) is 13.8 Å². The van der Waals surface area contributed by atoms with Crippen molar-refractivity contribution in [2.24, 2.45) is 0 Å². The van der Waals surface area contributed by atoms with Gasteiger partial charge in [0.25, 0.3) is 5.91 Å². The predicted molar refractivity (Wildman–Crippen MR) is 129 cm³/mol. The quantitative estimate of drug-likeness (QED) is 0.313. The van der Waals surface area contributed by atoms with Gasteiger partial charge >= 0.3 is 0 Å². The summed E-state index contributed by atoms with van der Waals surface area (Å²) in [4.78, 5) is 35.2. The molecule has 2 aromatic heterocycles. The number of hydrogen-bond acceptors (Lipinski definition) is 6. The van der Waals surface area contributed by atoms with Gasteiger partial charge < -0.3 is 19.2 Å². The van der Waals surface area contributed by atoms with Crippen LogP contribution in [-0.2, 0) is 4.79 Å². The molecule has 8 nitrogen and oxygen atoms in total. The summed E-state index contributed by atoms with van der Waals surface area (Å²) >= 11 is 0. The van der Waals surface area contributed by atoms with Crippen LogP contribution in [0.1, 0.15) is 22.2 Å². The third kappa shape index (κ3) is 3.53. The summed E-state index contributed by atoms with van der Waals surface area (Å²) < 4.78 is 38.7. The summed E-state index contributed by atoms with van der Waals surface area (Å²) in [7, 11) is 1.47. The molecule has 1 unspecified atom stereocenters. The van der Waals surface area contributed by atoms with E-state index < -0.39 is 35.1 Å². The molecular formula is C27H17F2N3O5. The minimum atomic E-state index is -1.15. The van der Waals surface area contributed by atoms with E-state index in [9.17, 15) is 23.5 Å². The number of nitrogens with one attached hydrogen (secondary N) is 1. The van der Waals surface area contributed by atoms with Crippen LogP contribution in [0.2, 0.25) is 0 Å². The second-order valence-electron chi connectivity index (χ2n) is 8.44. The standard InChI is InChI=1S/C27H17F2N3O5/c1-36-15-7-4-6-14(9-15)23-22(24(33)21-10-13-5-2-3-8-20(13)37-21)25(34)26(35)32(23)27-30-18-11-16(28)17(29)12-19(18)31-27/h2-12,23,34H,1H3,(H,30,31). The molecule has 0 saturated heterocycles. The Balaban J connectivity index is 1.52. The van der Waals surface area contributed by atoms with Gasteiger partial charge in [-0.15, -0.1) is 0 Å². The average Bonchev–Trinajstić information content (AvgIpc) is 3.58. The molecule has 1 aliphatic heterocycles. The van der Waals surface area contributed by atoms with Crippen LogP contribution in [0.5, 0.6) is 5.75 Å². The molecule has 5 aromatic rings. The molecule has 3 aromatic carbocycles. The number of rotatable bonds is 5. The molecule has 1 aliphatic rings. The van der Waals surface area contributed by atoms with Crippen LogP contribution in [0, 0.1) is 11.6 Å². The number of imidazole rings is 1. The monoisotopic (exact) mass is 501 g/mol. The number of aromatic amines is 1. The number of furan rings is 1. The zero-order chi connectivity index (χ0) is 25.8. The van der Waals surface area contributed by atoms with Gasteiger partial charge in [0.2, 0.25) is 11.7 Å². The Morgan fingerprint density at radius 3 is 2.65 bits per heavy atom. The van der Waals surface area contributed by atoms with Crippen LogP contribution >= 0.6 is 0 Å². The van der Waals surface area contributed by atoms with Crippen molar-refractivity contribution in [3.05, 3.63) is 101 Å².